The third-order valence-corrected chi connectivity index (χ3v) is 16.7. The highest BCUT2D eigenvalue weighted by molar-refractivity contribution is 7.23. The van der Waals surface area contributed by atoms with E-state index in [-0.39, 0.29) is 5.04 Å². The number of hydrogen-bond acceptors (Lipinski definition) is 2. The lowest BCUT2D eigenvalue weighted by molar-refractivity contribution is 0.415. The molecule has 0 spiro atoms. The normalized spacial score (nSPS) is 14.4. The molecular formula is C48H42O2Si. The van der Waals surface area contributed by atoms with Gasteiger partial charge in [-0.05, 0) is 112 Å². The highest BCUT2D eigenvalue weighted by Crippen LogP contribution is 2.62. The van der Waals surface area contributed by atoms with Crippen LogP contribution in [-0.4, -0.2) is 22.3 Å². The number of fused-ring (bicyclic) bond motifs is 2. The van der Waals surface area contributed by atoms with E-state index in [0.717, 1.165) is 11.5 Å². The van der Waals surface area contributed by atoms with Crippen LogP contribution in [0, 0.1) is 0 Å². The molecule has 1 heterocycles. The summed E-state index contributed by atoms with van der Waals surface area (Å²) < 4.78 is 11.4. The fourth-order valence-electron chi connectivity index (χ4n) is 8.43. The van der Waals surface area contributed by atoms with Gasteiger partial charge in [0.1, 0.15) is 11.5 Å². The highest BCUT2D eigenvalue weighted by atomic mass is 28.3. The molecule has 0 N–H and O–H groups in total. The summed E-state index contributed by atoms with van der Waals surface area (Å²) >= 11 is 0. The second-order valence-electron chi connectivity index (χ2n) is 14.5. The van der Waals surface area contributed by atoms with Gasteiger partial charge < -0.3 is 9.47 Å². The van der Waals surface area contributed by atoms with Crippen LogP contribution in [0.1, 0.15) is 43.0 Å². The van der Waals surface area contributed by atoms with Crippen molar-refractivity contribution < 1.29 is 9.47 Å². The average Bonchev–Trinajstić information content (AvgIpc) is 3.51. The summed E-state index contributed by atoms with van der Waals surface area (Å²) in [6, 6.07) is 60.4. The zero-order valence-electron chi connectivity index (χ0n) is 29.9. The second kappa shape index (κ2) is 12.9. The molecule has 3 heteroatoms. The first-order valence-electron chi connectivity index (χ1n) is 17.7. The number of methoxy groups -OCH3 is 2. The molecule has 0 saturated carbocycles. The molecule has 0 fully saturated rings. The molecule has 0 aromatic heterocycles. The molecule has 8 rings (SSSR count). The van der Waals surface area contributed by atoms with Gasteiger partial charge in [-0.2, -0.15) is 0 Å². The summed E-state index contributed by atoms with van der Waals surface area (Å²) in [4.78, 5) is 0. The molecule has 0 amide bonds. The SMILES string of the molecule is COc1ccc2ccc(C3=C(c4ccccc4)C(c4ccccc4)=C(c4ccc5ccc(OC)cc5c4)[Si]3(c3ccccc3)C(C)(C)C)cc2c1. The Balaban J connectivity index is 1.60. The van der Waals surface area contributed by atoms with Crippen LogP contribution < -0.4 is 14.7 Å². The van der Waals surface area contributed by atoms with Gasteiger partial charge in [-0.15, -0.1) is 0 Å². The van der Waals surface area contributed by atoms with Gasteiger partial charge in [-0.25, -0.2) is 0 Å². The fourth-order valence-corrected chi connectivity index (χ4v) is 14.8. The standard InChI is InChI=1S/C48H42O2Si/c1-48(2,3)51(43-19-13-8-14-20-43)46(37-23-21-33-25-27-41(49-4)31-39(33)29-37)44(35-15-9-6-10-16-35)45(36-17-11-7-12-18-36)47(51)38-24-22-34-26-28-42(50-5)32-40(34)30-38/h6-32H,1-5H3. The Kier molecular flexibility index (Phi) is 8.24. The number of hydrogen-bond donors (Lipinski definition) is 0. The topological polar surface area (TPSA) is 18.5 Å². The van der Waals surface area contributed by atoms with Gasteiger partial charge in [-0.3, -0.25) is 0 Å². The van der Waals surface area contributed by atoms with Gasteiger partial charge in [-0.1, -0.05) is 148 Å². The highest BCUT2D eigenvalue weighted by Gasteiger charge is 2.58. The maximum absolute atomic E-state index is 5.72. The van der Waals surface area contributed by atoms with E-state index in [1.165, 1.54) is 70.5 Å². The first-order valence-corrected chi connectivity index (χ1v) is 19.7. The molecule has 250 valence electrons. The smallest absolute Gasteiger partial charge is 0.156 e. The molecule has 0 unspecified atom stereocenters. The van der Waals surface area contributed by atoms with Crippen LogP contribution in [0.15, 0.2) is 164 Å². The number of ether oxygens (including phenoxy) is 2. The largest absolute Gasteiger partial charge is 0.497 e. The summed E-state index contributed by atoms with van der Waals surface area (Å²) in [6.07, 6.45) is 0. The summed E-state index contributed by atoms with van der Waals surface area (Å²) in [7, 11) is 0.521. The monoisotopic (exact) mass is 678 g/mol. The van der Waals surface area contributed by atoms with Crippen LogP contribution in [0.3, 0.4) is 0 Å². The van der Waals surface area contributed by atoms with E-state index in [1.807, 2.05) is 12.1 Å². The van der Waals surface area contributed by atoms with Crippen molar-refractivity contribution in [2.24, 2.45) is 0 Å². The first-order chi connectivity index (χ1) is 24.8. The van der Waals surface area contributed by atoms with Gasteiger partial charge in [0.05, 0.1) is 14.2 Å². The molecule has 0 aliphatic carbocycles. The zero-order chi connectivity index (χ0) is 35.2. The molecule has 0 atom stereocenters. The average molecular weight is 679 g/mol. The van der Waals surface area contributed by atoms with Crippen molar-refractivity contribution in [2.75, 3.05) is 14.2 Å². The van der Waals surface area contributed by atoms with Crippen molar-refractivity contribution >= 4 is 56.3 Å². The molecule has 0 saturated heterocycles. The van der Waals surface area contributed by atoms with Crippen LogP contribution in [-0.2, 0) is 0 Å². The van der Waals surface area contributed by atoms with E-state index in [0.29, 0.717) is 0 Å². The van der Waals surface area contributed by atoms with E-state index in [9.17, 15) is 0 Å². The zero-order valence-corrected chi connectivity index (χ0v) is 30.9. The quantitative estimate of drug-likeness (QED) is 0.156. The van der Waals surface area contributed by atoms with E-state index >= 15 is 0 Å². The molecule has 51 heavy (non-hydrogen) atoms. The summed E-state index contributed by atoms with van der Waals surface area (Å²) in [5.74, 6) is 1.72. The van der Waals surface area contributed by atoms with Crippen LogP contribution in [0.5, 0.6) is 11.5 Å². The molecule has 7 aromatic rings. The van der Waals surface area contributed by atoms with Crippen LogP contribution in [0.4, 0.5) is 0 Å². The lowest BCUT2D eigenvalue weighted by Gasteiger charge is -2.45. The van der Waals surface area contributed by atoms with Crippen molar-refractivity contribution in [1.82, 2.24) is 0 Å². The third-order valence-electron chi connectivity index (χ3n) is 10.6. The van der Waals surface area contributed by atoms with Crippen molar-refractivity contribution in [3.8, 4) is 11.5 Å². The van der Waals surface area contributed by atoms with Gasteiger partial charge in [0.2, 0.25) is 0 Å². The maximum atomic E-state index is 5.72. The minimum Gasteiger partial charge on any atom is -0.497 e. The van der Waals surface area contributed by atoms with Crippen molar-refractivity contribution in [2.45, 2.75) is 25.8 Å². The predicted octanol–water partition coefficient (Wildman–Crippen LogP) is 11.8. The van der Waals surface area contributed by atoms with Crippen LogP contribution in [0.25, 0.3) is 43.1 Å². The Labute approximate surface area is 302 Å². The molecule has 1 aliphatic heterocycles. The molecule has 0 bridgehead atoms. The fraction of sp³-hybridized carbons (Fsp3) is 0.125. The van der Waals surface area contributed by atoms with E-state index in [4.69, 9.17) is 9.47 Å². The Bertz CT molecular complexity index is 2310. The summed E-state index contributed by atoms with van der Waals surface area (Å²) in [5.41, 5.74) is 7.60. The lowest BCUT2D eigenvalue weighted by Crippen LogP contribution is -2.56. The molecule has 1 aliphatic rings. The maximum Gasteiger partial charge on any atom is 0.156 e. The van der Waals surface area contributed by atoms with Crippen LogP contribution >= 0.6 is 0 Å². The first kappa shape index (κ1) is 32.6. The summed E-state index contributed by atoms with van der Waals surface area (Å²) in [6.45, 7) is 7.41. The summed E-state index contributed by atoms with van der Waals surface area (Å²) in [5, 5.41) is 8.87. The second-order valence-corrected chi connectivity index (χ2v) is 19.0. The van der Waals surface area contributed by atoms with Crippen molar-refractivity contribution in [1.29, 1.82) is 0 Å². The Morgan fingerprint density at radius 2 is 0.784 bits per heavy atom. The predicted molar refractivity (Wildman–Crippen MR) is 219 cm³/mol. The Hall–Kier alpha value is -5.64. The van der Waals surface area contributed by atoms with E-state index in [2.05, 4.69) is 172 Å². The van der Waals surface area contributed by atoms with Crippen LogP contribution in [0.2, 0.25) is 5.04 Å². The van der Waals surface area contributed by atoms with Gasteiger partial charge in [0.25, 0.3) is 0 Å². The van der Waals surface area contributed by atoms with Gasteiger partial charge in [0.15, 0.2) is 8.07 Å². The lowest BCUT2D eigenvalue weighted by atomic mass is 9.89. The minimum absolute atomic E-state index is 0.151. The Morgan fingerprint density at radius 1 is 0.392 bits per heavy atom. The van der Waals surface area contributed by atoms with Crippen molar-refractivity contribution in [3.05, 3.63) is 186 Å². The number of rotatable bonds is 7. The molecule has 0 radical (unpaired) electrons. The minimum atomic E-state index is -2.96. The molecule has 7 aromatic carbocycles. The van der Waals surface area contributed by atoms with E-state index < -0.39 is 8.07 Å². The third kappa shape index (κ3) is 5.40. The number of benzene rings is 7. The van der Waals surface area contributed by atoms with Gasteiger partial charge in [0, 0.05) is 0 Å². The van der Waals surface area contributed by atoms with Crippen molar-refractivity contribution in [3.63, 3.8) is 0 Å². The van der Waals surface area contributed by atoms with Gasteiger partial charge >= 0.3 is 0 Å². The molecule has 2 nitrogen and oxygen atoms in total. The Morgan fingerprint density at radius 3 is 1.18 bits per heavy atom. The molecular weight excluding hydrogens is 637 g/mol. The number of allylic oxidation sites excluding steroid dienone is 2. The van der Waals surface area contributed by atoms with E-state index in [1.54, 1.807) is 14.2 Å².